The average molecular weight is 433 g/mol. The molecule has 4 rings (SSSR count). The monoisotopic (exact) mass is 432 g/mol. The summed E-state index contributed by atoms with van der Waals surface area (Å²) in [6.07, 6.45) is 20.5. The number of hydrogen-bond donors (Lipinski definition) is 0. The highest BCUT2D eigenvalue weighted by atomic mass is 16.5. The van der Waals surface area contributed by atoms with E-state index in [1.54, 1.807) is 0 Å². The van der Waals surface area contributed by atoms with Crippen LogP contribution in [0.15, 0.2) is 0 Å². The van der Waals surface area contributed by atoms with Gasteiger partial charge in [0.2, 0.25) is 0 Å². The fourth-order valence-electron chi connectivity index (χ4n) is 7.91. The van der Waals surface area contributed by atoms with Gasteiger partial charge in [-0.15, -0.1) is 0 Å². The summed E-state index contributed by atoms with van der Waals surface area (Å²) in [5.41, 5.74) is -0.259. The third-order valence-corrected chi connectivity index (χ3v) is 9.37. The van der Waals surface area contributed by atoms with Crippen molar-refractivity contribution in [3.63, 3.8) is 0 Å². The first-order chi connectivity index (χ1) is 15.1. The largest absolute Gasteiger partial charge is 0.469 e. The van der Waals surface area contributed by atoms with Gasteiger partial charge in [0.05, 0.1) is 19.4 Å². The molecule has 4 nitrogen and oxygen atoms in total. The summed E-state index contributed by atoms with van der Waals surface area (Å²) in [5.74, 6) is 1.44. The van der Waals surface area contributed by atoms with Gasteiger partial charge in [-0.2, -0.15) is 0 Å². The Bertz CT molecular complexity index is 600. The van der Waals surface area contributed by atoms with Gasteiger partial charge in [0.1, 0.15) is 6.10 Å². The highest BCUT2D eigenvalue weighted by Crippen LogP contribution is 2.52. The van der Waals surface area contributed by atoms with Crippen LogP contribution in [0.25, 0.3) is 0 Å². The number of methoxy groups -OCH3 is 1. The van der Waals surface area contributed by atoms with Crippen LogP contribution in [0.3, 0.4) is 0 Å². The van der Waals surface area contributed by atoms with Crippen LogP contribution >= 0.6 is 0 Å². The first kappa shape index (κ1) is 23.1. The lowest BCUT2D eigenvalue weighted by Gasteiger charge is -2.46. The highest BCUT2D eigenvalue weighted by molar-refractivity contribution is 5.77. The van der Waals surface area contributed by atoms with E-state index in [-0.39, 0.29) is 29.4 Å². The maximum Gasteiger partial charge on any atom is 0.309 e. The molecule has 0 bridgehead atoms. The molecule has 4 fully saturated rings. The molecule has 0 aromatic rings. The molecular weight excluding hydrogens is 388 g/mol. The fraction of sp³-hybridized carbons (Fsp3) is 0.926. The molecule has 4 atom stereocenters. The van der Waals surface area contributed by atoms with Crippen LogP contribution in [-0.4, -0.2) is 25.2 Å². The third-order valence-electron chi connectivity index (χ3n) is 9.37. The molecule has 0 spiro atoms. The van der Waals surface area contributed by atoms with E-state index in [0.717, 1.165) is 50.9 Å². The number of hydrogen-bond acceptors (Lipinski definition) is 4. The van der Waals surface area contributed by atoms with Crippen molar-refractivity contribution in [2.24, 2.45) is 29.1 Å². The zero-order valence-electron chi connectivity index (χ0n) is 19.7. The van der Waals surface area contributed by atoms with Crippen molar-refractivity contribution in [2.45, 2.75) is 122 Å². The van der Waals surface area contributed by atoms with Crippen LogP contribution in [0.4, 0.5) is 0 Å². The van der Waals surface area contributed by atoms with Gasteiger partial charge >= 0.3 is 11.9 Å². The molecular formula is C27H44O4. The summed E-state index contributed by atoms with van der Waals surface area (Å²) in [4.78, 5) is 26.5. The van der Waals surface area contributed by atoms with Crippen LogP contribution in [0.5, 0.6) is 0 Å². The van der Waals surface area contributed by atoms with Crippen LogP contribution in [-0.2, 0) is 19.1 Å². The van der Waals surface area contributed by atoms with Crippen molar-refractivity contribution in [2.75, 3.05) is 7.11 Å². The maximum atomic E-state index is 13.4. The number of rotatable bonds is 6. The van der Waals surface area contributed by atoms with Crippen LogP contribution in [0.1, 0.15) is 116 Å². The van der Waals surface area contributed by atoms with E-state index in [9.17, 15) is 9.59 Å². The van der Waals surface area contributed by atoms with Gasteiger partial charge in [0.15, 0.2) is 0 Å². The molecule has 0 aromatic carbocycles. The molecule has 31 heavy (non-hydrogen) atoms. The molecule has 4 unspecified atom stereocenters. The predicted octanol–water partition coefficient (Wildman–Crippen LogP) is 6.60. The minimum atomic E-state index is -0.259. The molecule has 0 amide bonds. The molecule has 4 aliphatic rings. The van der Waals surface area contributed by atoms with E-state index in [1.165, 1.54) is 71.3 Å². The Kier molecular flexibility index (Phi) is 7.98. The van der Waals surface area contributed by atoms with E-state index < -0.39 is 0 Å². The Balaban J connectivity index is 1.49. The third kappa shape index (κ3) is 5.30. The molecule has 0 radical (unpaired) electrons. The molecule has 0 aromatic heterocycles. The quantitative estimate of drug-likeness (QED) is 0.444. The second-order valence-corrected chi connectivity index (χ2v) is 11.2. The predicted molar refractivity (Wildman–Crippen MR) is 121 cm³/mol. The van der Waals surface area contributed by atoms with Crippen molar-refractivity contribution >= 4 is 11.9 Å². The van der Waals surface area contributed by atoms with Gasteiger partial charge in [-0.25, -0.2) is 0 Å². The Hall–Kier alpha value is -1.06. The molecule has 4 heteroatoms. The number of carbonyl (C=O) groups is 2. The van der Waals surface area contributed by atoms with Gasteiger partial charge in [0.25, 0.3) is 0 Å². The number of ether oxygens (including phenoxy) is 2. The van der Waals surface area contributed by atoms with Crippen molar-refractivity contribution in [3.05, 3.63) is 0 Å². The van der Waals surface area contributed by atoms with Gasteiger partial charge in [-0.1, -0.05) is 57.8 Å². The second kappa shape index (κ2) is 10.7. The van der Waals surface area contributed by atoms with Crippen LogP contribution < -0.4 is 0 Å². The summed E-state index contributed by atoms with van der Waals surface area (Å²) in [5, 5.41) is 0. The summed E-state index contributed by atoms with van der Waals surface area (Å²) in [6, 6.07) is 0. The Morgan fingerprint density at radius 3 is 2.19 bits per heavy atom. The Morgan fingerprint density at radius 1 is 0.806 bits per heavy atom. The summed E-state index contributed by atoms with van der Waals surface area (Å²) >= 11 is 0. The molecule has 0 N–H and O–H groups in total. The molecule has 0 saturated heterocycles. The SMILES string of the molecule is COC(=O)C(C1CCCCC1)C1(CC(=O)OC2CCCC3CCCCC32)CCCCC1. The topological polar surface area (TPSA) is 52.6 Å². The molecule has 0 aliphatic heterocycles. The van der Waals surface area contributed by atoms with Crippen LogP contribution in [0, 0.1) is 29.1 Å². The van der Waals surface area contributed by atoms with E-state index in [1.807, 2.05) is 0 Å². The standard InChI is InChI=1S/C27H44O4/c1-30-26(29)25(21-12-4-2-5-13-21)27(17-8-3-9-18-27)19-24(28)31-23-16-10-14-20-11-6-7-15-22(20)23/h20-23,25H,2-19H2,1H3. The Morgan fingerprint density at radius 2 is 1.45 bits per heavy atom. The van der Waals surface area contributed by atoms with Crippen molar-refractivity contribution in [1.82, 2.24) is 0 Å². The highest BCUT2D eigenvalue weighted by Gasteiger charge is 2.50. The van der Waals surface area contributed by atoms with E-state index in [2.05, 4.69) is 0 Å². The molecule has 176 valence electrons. The van der Waals surface area contributed by atoms with E-state index in [0.29, 0.717) is 18.3 Å². The van der Waals surface area contributed by atoms with Gasteiger partial charge in [-0.3, -0.25) is 9.59 Å². The maximum absolute atomic E-state index is 13.4. The van der Waals surface area contributed by atoms with Crippen molar-refractivity contribution in [3.8, 4) is 0 Å². The molecule has 4 aliphatic carbocycles. The lowest BCUT2D eigenvalue weighted by atomic mass is 9.58. The first-order valence-electron chi connectivity index (χ1n) is 13.4. The lowest BCUT2D eigenvalue weighted by Crippen LogP contribution is -2.46. The summed E-state index contributed by atoms with van der Waals surface area (Å²) < 4.78 is 11.6. The first-order valence-corrected chi connectivity index (χ1v) is 13.4. The van der Waals surface area contributed by atoms with Gasteiger partial charge in [0, 0.05) is 0 Å². The molecule has 4 saturated carbocycles. The van der Waals surface area contributed by atoms with E-state index >= 15 is 0 Å². The fourth-order valence-corrected chi connectivity index (χ4v) is 7.91. The minimum Gasteiger partial charge on any atom is -0.469 e. The Labute approximate surface area is 189 Å². The zero-order valence-corrected chi connectivity index (χ0v) is 19.7. The molecule has 0 heterocycles. The van der Waals surface area contributed by atoms with Crippen molar-refractivity contribution < 1.29 is 19.1 Å². The second-order valence-electron chi connectivity index (χ2n) is 11.2. The van der Waals surface area contributed by atoms with Crippen molar-refractivity contribution in [1.29, 1.82) is 0 Å². The lowest BCUT2D eigenvalue weighted by molar-refractivity contribution is -0.167. The summed E-state index contributed by atoms with van der Waals surface area (Å²) in [6.45, 7) is 0. The zero-order chi connectivity index (χ0) is 21.7. The smallest absolute Gasteiger partial charge is 0.309 e. The van der Waals surface area contributed by atoms with Gasteiger partial charge in [-0.05, 0) is 74.5 Å². The summed E-state index contributed by atoms with van der Waals surface area (Å²) in [7, 11) is 1.53. The average Bonchev–Trinajstić information content (AvgIpc) is 2.80. The number of carbonyl (C=O) groups excluding carboxylic acids is 2. The van der Waals surface area contributed by atoms with E-state index in [4.69, 9.17) is 9.47 Å². The van der Waals surface area contributed by atoms with Crippen LogP contribution in [0.2, 0.25) is 0 Å². The number of esters is 2. The number of fused-ring (bicyclic) bond motifs is 1. The van der Waals surface area contributed by atoms with Gasteiger partial charge < -0.3 is 9.47 Å². The minimum absolute atomic E-state index is 0.0390. The normalized spacial score (nSPS) is 32.5.